The number of hydrogen-bond acceptors (Lipinski definition) is 5. The van der Waals surface area contributed by atoms with E-state index in [4.69, 9.17) is 4.74 Å². The van der Waals surface area contributed by atoms with Crippen molar-refractivity contribution in [2.24, 2.45) is 11.8 Å². The van der Waals surface area contributed by atoms with Crippen LogP contribution in [0.1, 0.15) is 32.1 Å². The number of piperidine rings is 1. The number of anilines is 1. The van der Waals surface area contributed by atoms with Gasteiger partial charge in [0, 0.05) is 37.8 Å². The predicted molar refractivity (Wildman–Crippen MR) is 85.4 cm³/mol. The third kappa shape index (κ3) is 4.17. The Morgan fingerprint density at radius 2 is 2.35 bits per heavy atom. The fourth-order valence-electron chi connectivity index (χ4n) is 2.52. The molecule has 0 spiro atoms. The first-order valence-corrected chi connectivity index (χ1v) is 8.35. The van der Waals surface area contributed by atoms with E-state index in [1.54, 1.807) is 11.3 Å². The molecule has 1 aromatic rings. The van der Waals surface area contributed by atoms with Crippen molar-refractivity contribution in [1.82, 2.24) is 10.3 Å². The highest BCUT2D eigenvalue weighted by Crippen LogP contribution is 2.28. The Bertz CT molecular complexity index is 408. The third-order valence-corrected chi connectivity index (χ3v) is 4.91. The van der Waals surface area contributed by atoms with E-state index in [1.807, 2.05) is 13.3 Å². The molecular formula is C15H27N3OS. The highest BCUT2D eigenvalue weighted by molar-refractivity contribution is 7.15. The summed E-state index contributed by atoms with van der Waals surface area (Å²) >= 11 is 1.80. The highest BCUT2D eigenvalue weighted by atomic mass is 32.1. The number of rotatable bonds is 6. The zero-order chi connectivity index (χ0) is 14.5. The Balaban J connectivity index is 1.88. The maximum absolute atomic E-state index is 5.58. The van der Waals surface area contributed by atoms with Crippen molar-refractivity contribution >= 4 is 16.5 Å². The first-order valence-electron chi connectivity index (χ1n) is 7.53. The minimum atomic E-state index is 0.329. The molecule has 2 unspecified atom stereocenters. The van der Waals surface area contributed by atoms with Gasteiger partial charge in [-0.2, -0.15) is 0 Å². The van der Waals surface area contributed by atoms with Gasteiger partial charge in [0.15, 0.2) is 5.13 Å². The van der Waals surface area contributed by atoms with Crippen molar-refractivity contribution in [3.63, 3.8) is 0 Å². The summed E-state index contributed by atoms with van der Waals surface area (Å²) in [5, 5.41) is 4.61. The Morgan fingerprint density at radius 3 is 3.05 bits per heavy atom. The van der Waals surface area contributed by atoms with Gasteiger partial charge < -0.3 is 15.0 Å². The molecule has 0 radical (unpaired) electrons. The van der Waals surface area contributed by atoms with Gasteiger partial charge in [0.05, 0.1) is 6.10 Å². The molecule has 20 heavy (non-hydrogen) atoms. The van der Waals surface area contributed by atoms with Crippen molar-refractivity contribution in [2.75, 3.05) is 31.6 Å². The molecule has 1 aromatic heterocycles. The summed E-state index contributed by atoms with van der Waals surface area (Å²) in [6.07, 6.45) is 3.52. The molecule has 0 amide bonds. The molecule has 1 N–H and O–H groups in total. The molecule has 1 aliphatic rings. The van der Waals surface area contributed by atoms with Crippen LogP contribution >= 0.6 is 11.3 Å². The minimum absolute atomic E-state index is 0.329. The molecule has 114 valence electrons. The number of thiazole rings is 1. The van der Waals surface area contributed by atoms with Gasteiger partial charge in [0.25, 0.3) is 0 Å². The number of hydrogen-bond donors (Lipinski definition) is 1. The maximum atomic E-state index is 5.58. The molecule has 2 atom stereocenters. The SMILES string of the molecule is COC1CN(c2ncc(CNCC(C)C)s2)CCC1C. The molecule has 1 fully saturated rings. The van der Waals surface area contributed by atoms with E-state index in [2.05, 4.69) is 36.0 Å². The molecule has 0 aliphatic carbocycles. The van der Waals surface area contributed by atoms with Gasteiger partial charge >= 0.3 is 0 Å². The zero-order valence-electron chi connectivity index (χ0n) is 13.1. The summed E-state index contributed by atoms with van der Waals surface area (Å²) in [6.45, 7) is 10.8. The second-order valence-corrected chi connectivity index (χ2v) is 7.21. The third-order valence-electron chi connectivity index (χ3n) is 3.86. The van der Waals surface area contributed by atoms with Crippen LogP contribution in [-0.4, -0.2) is 37.8 Å². The monoisotopic (exact) mass is 297 g/mol. The Labute approximate surface area is 126 Å². The molecule has 5 heteroatoms. The predicted octanol–water partition coefficient (Wildman–Crippen LogP) is 2.75. The van der Waals surface area contributed by atoms with Crippen molar-refractivity contribution < 1.29 is 4.74 Å². The van der Waals surface area contributed by atoms with Gasteiger partial charge in [-0.15, -0.1) is 11.3 Å². The average molecular weight is 297 g/mol. The fraction of sp³-hybridized carbons (Fsp3) is 0.800. The molecule has 4 nitrogen and oxygen atoms in total. The lowest BCUT2D eigenvalue weighted by Crippen LogP contribution is -2.43. The van der Waals surface area contributed by atoms with E-state index in [1.165, 1.54) is 11.3 Å². The van der Waals surface area contributed by atoms with Crippen molar-refractivity contribution in [2.45, 2.75) is 39.8 Å². The van der Waals surface area contributed by atoms with Crippen molar-refractivity contribution in [3.05, 3.63) is 11.1 Å². The van der Waals surface area contributed by atoms with E-state index in [-0.39, 0.29) is 0 Å². The van der Waals surface area contributed by atoms with Crippen LogP contribution in [0.5, 0.6) is 0 Å². The van der Waals surface area contributed by atoms with Crippen LogP contribution in [0.4, 0.5) is 5.13 Å². The number of aromatic nitrogens is 1. The van der Waals surface area contributed by atoms with E-state index in [0.717, 1.165) is 31.3 Å². The lowest BCUT2D eigenvalue weighted by atomic mass is 9.96. The largest absolute Gasteiger partial charge is 0.379 e. The summed E-state index contributed by atoms with van der Waals surface area (Å²) in [4.78, 5) is 8.26. The molecule has 2 heterocycles. The maximum Gasteiger partial charge on any atom is 0.185 e. The number of methoxy groups -OCH3 is 1. The highest BCUT2D eigenvalue weighted by Gasteiger charge is 2.27. The van der Waals surface area contributed by atoms with Crippen molar-refractivity contribution in [1.29, 1.82) is 0 Å². The first kappa shape index (κ1) is 15.7. The van der Waals surface area contributed by atoms with Crippen molar-refractivity contribution in [3.8, 4) is 0 Å². The molecule has 0 bridgehead atoms. The van der Waals surface area contributed by atoms with Crippen LogP contribution in [0, 0.1) is 11.8 Å². The second-order valence-electron chi connectivity index (χ2n) is 6.12. The second kappa shape index (κ2) is 7.38. The Morgan fingerprint density at radius 1 is 1.55 bits per heavy atom. The van der Waals surface area contributed by atoms with Crippen LogP contribution in [0.2, 0.25) is 0 Å². The molecule has 1 aliphatic heterocycles. The lowest BCUT2D eigenvalue weighted by molar-refractivity contribution is 0.0498. The van der Waals surface area contributed by atoms with Crippen LogP contribution in [0.25, 0.3) is 0 Å². The minimum Gasteiger partial charge on any atom is -0.379 e. The zero-order valence-corrected chi connectivity index (χ0v) is 13.9. The van der Waals surface area contributed by atoms with Gasteiger partial charge in [0.2, 0.25) is 0 Å². The average Bonchev–Trinajstić information content (AvgIpc) is 2.87. The smallest absolute Gasteiger partial charge is 0.185 e. The number of nitrogens with one attached hydrogen (secondary N) is 1. The van der Waals surface area contributed by atoms with E-state index >= 15 is 0 Å². The van der Waals surface area contributed by atoms with Gasteiger partial charge in [0.1, 0.15) is 0 Å². The van der Waals surface area contributed by atoms with Crippen LogP contribution in [-0.2, 0) is 11.3 Å². The topological polar surface area (TPSA) is 37.4 Å². The Kier molecular flexibility index (Phi) is 5.81. The van der Waals surface area contributed by atoms with Gasteiger partial charge in [-0.1, -0.05) is 20.8 Å². The van der Waals surface area contributed by atoms with Gasteiger partial charge in [-0.3, -0.25) is 0 Å². The normalized spacial score (nSPS) is 23.6. The quantitative estimate of drug-likeness (QED) is 0.876. The first-order chi connectivity index (χ1) is 9.60. The van der Waals surface area contributed by atoms with Crippen LogP contribution < -0.4 is 10.2 Å². The molecule has 2 rings (SSSR count). The molecular weight excluding hydrogens is 270 g/mol. The summed E-state index contributed by atoms with van der Waals surface area (Å²) in [5.74, 6) is 1.33. The summed E-state index contributed by atoms with van der Waals surface area (Å²) in [5.41, 5.74) is 0. The summed E-state index contributed by atoms with van der Waals surface area (Å²) in [6, 6.07) is 0. The lowest BCUT2D eigenvalue weighted by Gasteiger charge is -2.36. The van der Waals surface area contributed by atoms with E-state index in [9.17, 15) is 0 Å². The molecule has 0 aromatic carbocycles. The van der Waals surface area contributed by atoms with E-state index in [0.29, 0.717) is 17.9 Å². The van der Waals surface area contributed by atoms with Crippen LogP contribution in [0.15, 0.2) is 6.20 Å². The summed E-state index contributed by atoms with van der Waals surface area (Å²) in [7, 11) is 1.81. The van der Waals surface area contributed by atoms with Gasteiger partial charge in [-0.05, 0) is 24.8 Å². The number of ether oxygens (including phenoxy) is 1. The Hall–Kier alpha value is -0.650. The summed E-state index contributed by atoms with van der Waals surface area (Å²) < 4.78 is 5.58. The molecule has 1 saturated heterocycles. The van der Waals surface area contributed by atoms with E-state index < -0.39 is 0 Å². The standard InChI is InChI=1S/C15H27N3OS/c1-11(2)7-16-8-13-9-17-15(20-13)18-6-5-12(3)14(10-18)19-4/h9,11-12,14,16H,5-8,10H2,1-4H3. The number of nitrogens with zero attached hydrogens (tertiary/aromatic N) is 2. The van der Waals surface area contributed by atoms with Gasteiger partial charge in [-0.25, -0.2) is 4.98 Å². The molecule has 0 saturated carbocycles. The fourth-order valence-corrected chi connectivity index (χ4v) is 3.44. The van der Waals surface area contributed by atoms with Crippen LogP contribution in [0.3, 0.4) is 0 Å².